The van der Waals surface area contributed by atoms with E-state index < -0.39 is 10.0 Å². The lowest BCUT2D eigenvalue weighted by atomic mass is 10.2. The first-order valence-corrected chi connectivity index (χ1v) is 6.97. The Labute approximate surface area is 107 Å². The quantitative estimate of drug-likeness (QED) is 0.921. The number of nitrogens with one attached hydrogen (secondary N) is 1. The van der Waals surface area contributed by atoms with Crippen LogP contribution in [-0.2, 0) is 17.1 Å². The Kier molecular flexibility index (Phi) is 3.13. The van der Waals surface area contributed by atoms with Gasteiger partial charge in [-0.2, -0.15) is 5.10 Å². The molecule has 2 aromatic rings. The van der Waals surface area contributed by atoms with Crippen molar-refractivity contribution in [3.05, 3.63) is 41.7 Å². The van der Waals surface area contributed by atoms with E-state index in [4.69, 9.17) is 0 Å². The number of nitrogens with zero attached hydrogens (tertiary/aromatic N) is 2. The first-order chi connectivity index (χ1) is 8.40. The Morgan fingerprint density at radius 1 is 1.22 bits per heavy atom. The maximum Gasteiger partial charge on any atom is 0.265 e. The molecule has 0 fully saturated rings. The highest BCUT2D eigenvalue weighted by atomic mass is 32.2. The summed E-state index contributed by atoms with van der Waals surface area (Å²) >= 11 is 0. The lowest BCUT2D eigenvalue weighted by Gasteiger charge is -2.09. The molecular weight excluding hydrogens is 250 g/mol. The van der Waals surface area contributed by atoms with Gasteiger partial charge in [0.05, 0.1) is 11.4 Å². The predicted octanol–water partition coefficient (Wildman–Crippen LogP) is 1.84. The van der Waals surface area contributed by atoms with Crippen LogP contribution in [0.4, 0.5) is 5.69 Å². The number of aromatic nitrogens is 2. The smallest absolute Gasteiger partial charge is 0.265 e. The molecule has 0 aliphatic carbocycles. The zero-order chi connectivity index (χ0) is 13.3. The molecule has 0 saturated carbocycles. The van der Waals surface area contributed by atoms with Crippen LogP contribution in [-0.4, -0.2) is 18.2 Å². The Bertz CT molecular complexity index is 674. The second-order valence-corrected chi connectivity index (χ2v) is 5.82. The highest BCUT2D eigenvalue weighted by Crippen LogP contribution is 2.20. The van der Waals surface area contributed by atoms with E-state index in [1.165, 1.54) is 10.9 Å². The van der Waals surface area contributed by atoms with E-state index in [9.17, 15) is 8.42 Å². The number of para-hydroxylation sites is 1. The van der Waals surface area contributed by atoms with Crippen LogP contribution in [0.3, 0.4) is 0 Å². The molecule has 1 N–H and O–H groups in total. The molecule has 0 atom stereocenters. The fraction of sp³-hybridized carbons (Fsp3) is 0.250. The van der Waals surface area contributed by atoms with Crippen molar-refractivity contribution in [2.24, 2.45) is 7.05 Å². The van der Waals surface area contributed by atoms with Crippen LogP contribution in [0.15, 0.2) is 35.4 Å². The number of anilines is 1. The standard InChI is InChI=1S/C12H15N3O2S/c1-9-6-4-5-7-11(9)14-18(16,17)12-8-15(3)13-10(12)2/h4-8,14H,1-3H3. The minimum atomic E-state index is -3.58. The third-order valence-electron chi connectivity index (χ3n) is 2.65. The summed E-state index contributed by atoms with van der Waals surface area (Å²) in [6.45, 7) is 3.53. The second kappa shape index (κ2) is 4.45. The van der Waals surface area contributed by atoms with E-state index in [0.29, 0.717) is 11.4 Å². The maximum absolute atomic E-state index is 12.2. The van der Waals surface area contributed by atoms with Crippen molar-refractivity contribution in [3.8, 4) is 0 Å². The van der Waals surface area contributed by atoms with Gasteiger partial charge in [-0.15, -0.1) is 0 Å². The summed E-state index contributed by atoms with van der Waals surface area (Å²) in [5.74, 6) is 0. The minimum absolute atomic E-state index is 0.202. The van der Waals surface area contributed by atoms with Crippen LogP contribution in [0.2, 0.25) is 0 Å². The van der Waals surface area contributed by atoms with Crippen molar-refractivity contribution in [1.29, 1.82) is 0 Å². The number of benzene rings is 1. The van der Waals surface area contributed by atoms with Gasteiger partial charge in [-0.3, -0.25) is 9.40 Å². The molecular formula is C12H15N3O2S. The number of aryl methyl sites for hydroxylation is 3. The van der Waals surface area contributed by atoms with Gasteiger partial charge >= 0.3 is 0 Å². The Morgan fingerprint density at radius 2 is 1.89 bits per heavy atom. The monoisotopic (exact) mass is 265 g/mol. The normalized spacial score (nSPS) is 11.5. The summed E-state index contributed by atoms with van der Waals surface area (Å²) in [6.07, 6.45) is 1.50. The largest absolute Gasteiger partial charge is 0.279 e. The molecule has 2 rings (SSSR count). The molecule has 18 heavy (non-hydrogen) atoms. The van der Waals surface area contributed by atoms with Gasteiger partial charge in [0.2, 0.25) is 0 Å². The Morgan fingerprint density at radius 3 is 2.44 bits per heavy atom. The molecule has 5 nitrogen and oxygen atoms in total. The molecule has 0 spiro atoms. The van der Waals surface area contributed by atoms with Crippen molar-refractivity contribution in [1.82, 2.24) is 9.78 Å². The highest BCUT2D eigenvalue weighted by Gasteiger charge is 2.20. The molecule has 0 radical (unpaired) electrons. The van der Waals surface area contributed by atoms with E-state index in [0.717, 1.165) is 5.56 Å². The van der Waals surface area contributed by atoms with Crippen LogP contribution in [0.1, 0.15) is 11.3 Å². The van der Waals surface area contributed by atoms with Crippen molar-refractivity contribution in [2.45, 2.75) is 18.7 Å². The van der Waals surface area contributed by atoms with Crippen LogP contribution in [0.5, 0.6) is 0 Å². The predicted molar refractivity (Wildman–Crippen MR) is 69.9 cm³/mol. The molecule has 96 valence electrons. The molecule has 1 aromatic heterocycles. The van der Waals surface area contributed by atoms with Gasteiger partial charge in [-0.1, -0.05) is 18.2 Å². The molecule has 6 heteroatoms. The van der Waals surface area contributed by atoms with Crippen molar-refractivity contribution >= 4 is 15.7 Å². The van der Waals surface area contributed by atoms with Gasteiger partial charge < -0.3 is 0 Å². The van der Waals surface area contributed by atoms with E-state index >= 15 is 0 Å². The van der Waals surface area contributed by atoms with Crippen molar-refractivity contribution in [3.63, 3.8) is 0 Å². The molecule has 0 amide bonds. The molecule has 1 aromatic carbocycles. The number of hydrogen-bond acceptors (Lipinski definition) is 3. The van der Waals surface area contributed by atoms with E-state index in [2.05, 4.69) is 9.82 Å². The summed E-state index contributed by atoms with van der Waals surface area (Å²) < 4.78 is 28.5. The fourth-order valence-electron chi connectivity index (χ4n) is 1.73. The SMILES string of the molecule is Cc1ccccc1NS(=O)(=O)c1cn(C)nc1C. The third-order valence-corrected chi connectivity index (χ3v) is 4.12. The van der Waals surface area contributed by atoms with Crippen molar-refractivity contribution in [2.75, 3.05) is 4.72 Å². The summed E-state index contributed by atoms with van der Waals surface area (Å²) in [6, 6.07) is 7.25. The molecule has 0 unspecified atom stereocenters. The summed E-state index contributed by atoms with van der Waals surface area (Å²) in [5.41, 5.74) is 1.95. The molecule has 1 heterocycles. The maximum atomic E-state index is 12.2. The number of rotatable bonds is 3. The van der Waals surface area contributed by atoms with Gasteiger partial charge in [-0.05, 0) is 25.5 Å². The van der Waals surface area contributed by atoms with Gasteiger partial charge in [-0.25, -0.2) is 8.42 Å². The van der Waals surface area contributed by atoms with E-state index in [1.54, 1.807) is 26.1 Å². The molecule has 0 bridgehead atoms. The zero-order valence-electron chi connectivity index (χ0n) is 10.5. The van der Waals surface area contributed by atoms with E-state index in [1.807, 2.05) is 19.1 Å². The topological polar surface area (TPSA) is 64.0 Å². The molecule has 0 saturated heterocycles. The Balaban J connectivity index is 2.40. The average molecular weight is 265 g/mol. The lowest BCUT2D eigenvalue weighted by molar-refractivity contribution is 0.600. The second-order valence-electron chi connectivity index (χ2n) is 4.17. The van der Waals surface area contributed by atoms with Gasteiger partial charge in [0.1, 0.15) is 4.90 Å². The van der Waals surface area contributed by atoms with Crippen molar-refractivity contribution < 1.29 is 8.42 Å². The van der Waals surface area contributed by atoms with Gasteiger partial charge in [0, 0.05) is 13.2 Å². The average Bonchev–Trinajstić information content (AvgIpc) is 2.62. The van der Waals surface area contributed by atoms with Gasteiger partial charge in [0.15, 0.2) is 0 Å². The van der Waals surface area contributed by atoms with E-state index in [-0.39, 0.29) is 4.90 Å². The summed E-state index contributed by atoms with van der Waals surface area (Å²) in [5, 5.41) is 4.04. The highest BCUT2D eigenvalue weighted by molar-refractivity contribution is 7.92. The third kappa shape index (κ3) is 2.38. The summed E-state index contributed by atoms with van der Waals surface area (Å²) in [7, 11) is -1.88. The number of hydrogen-bond donors (Lipinski definition) is 1. The first-order valence-electron chi connectivity index (χ1n) is 5.49. The summed E-state index contributed by atoms with van der Waals surface area (Å²) in [4.78, 5) is 0.202. The van der Waals surface area contributed by atoms with Crippen LogP contribution >= 0.6 is 0 Å². The fourth-order valence-corrected chi connectivity index (χ4v) is 3.08. The molecule has 0 aliphatic heterocycles. The number of sulfonamides is 1. The Hall–Kier alpha value is -1.82. The first kappa shape index (κ1) is 12.6. The van der Waals surface area contributed by atoms with Crippen LogP contribution in [0, 0.1) is 13.8 Å². The van der Waals surface area contributed by atoms with Crippen LogP contribution < -0.4 is 4.72 Å². The molecule has 0 aliphatic rings. The minimum Gasteiger partial charge on any atom is -0.279 e. The lowest BCUT2D eigenvalue weighted by Crippen LogP contribution is -2.14. The van der Waals surface area contributed by atoms with Crippen LogP contribution in [0.25, 0.3) is 0 Å². The zero-order valence-corrected chi connectivity index (χ0v) is 11.3. The van der Waals surface area contributed by atoms with Gasteiger partial charge in [0.25, 0.3) is 10.0 Å².